The van der Waals surface area contributed by atoms with E-state index in [1.807, 2.05) is 17.0 Å². The van der Waals surface area contributed by atoms with Crippen molar-refractivity contribution in [2.45, 2.75) is 44.4 Å². The molecular weight excluding hydrogens is 326 g/mol. The Bertz CT molecular complexity index is 610. The second kappa shape index (κ2) is 7.14. The molecule has 0 aromatic heterocycles. The highest BCUT2D eigenvalue weighted by molar-refractivity contribution is 6.30. The van der Waals surface area contributed by atoms with Crippen molar-refractivity contribution >= 4 is 23.5 Å². The summed E-state index contributed by atoms with van der Waals surface area (Å²) in [4.78, 5) is 26.8. The van der Waals surface area contributed by atoms with E-state index in [2.05, 4.69) is 6.92 Å². The van der Waals surface area contributed by atoms with Crippen LogP contribution in [-0.2, 0) is 19.7 Å². The topological polar surface area (TPSA) is 46.6 Å². The van der Waals surface area contributed by atoms with Gasteiger partial charge in [-0.05, 0) is 49.3 Å². The molecule has 130 valence electrons. The molecule has 0 N–H and O–H groups in total. The van der Waals surface area contributed by atoms with E-state index in [0.717, 1.165) is 50.8 Å². The van der Waals surface area contributed by atoms with E-state index in [1.54, 1.807) is 12.1 Å². The number of carbonyl (C=O) groups excluding carboxylic acids is 2. The van der Waals surface area contributed by atoms with E-state index in [-0.39, 0.29) is 18.5 Å². The number of halogens is 1. The SMILES string of the molecule is CC1CCCN(C(=O)COC(=O)C2(c3ccc(Cl)cc3)CCC2)C1. The molecule has 1 atom stereocenters. The van der Waals surface area contributed by atoms with Crippen LogP contribution in [0.25, 0.3) is 0 Å². The summed E-state index contributed by atoms with van der Waals surface area (Å²) in [5.74, 6) is 0.153. The zero-order chi connectivity index (χ0) is 17.2. The standard InChI is InChI=1S/C19H24ClNO3/c1-14-4-2-11-21(12-14)17(22)13-24-18(23)19(9-3-10-19)15-5-7-16(20)8-6-15/h5-8,14H,2-4,9-13H2,1H3. The quantitative estimate of drug-likeness (QED) is 0.781. The zero-order valence-corrected chi connectivity index (χ0v) is 14.8. The largest absolute Gasteiger partial charge is 0.455 e. The van der Waals surface area contributed by atoms with Gasteiger partial charge < -0.3 is 9.64 Å². The van der Waals surface area contributed by atoms with Gasteiger partial charge in [0.15, 0.2) is 6.61 Å². The van der Waals surface area contributed by atoms with Crippen molar-refractivity contribution in [3.8, 4) is 0 Å². The van der Waals surface area contributed by atoms with E-state index < -0.39 is 5.41 Å². The Labute approximate surface area is 148 Å². The second-order valence-electron chi connectivity index (χ2n) is 7.11. The number of esters is 1. The van der Waals surface area contributed by atoms with Gasteiger partial charge in [0.2, 0.25) is 0 Å². The van der Waals surface area contributed by atoms with Crippen molar-refractivity contribution in [1.29, 1.82) is 0 Å². The Hall–Kier alpha value is -1.55. The first-order valence-corrected chi connectivity index (χ1v) is 9.10. The predicted molar refractivity (Wildman–Crippen MR) is 92.9 cm³/mol. The van der Waals surface area contributed by atoms with Gasteiger partial charge in [0.25, 0.3) is 5.91 Å². The normalized spacial score (nSPS) is 22.6. The number of nitrogens with zero attached hydrogens (tertiary/aromatic N) is 1. The molecule has 0 bridgehead atoms. The van der Waals surface area contributed by atoms with Crippen LogP contribution in [0.3, 0.4) is 0 Å². The van der Waals surface area contributed by atoms with Crippen molar-refractivity contribution in [2.75, 3.05) is 19.7 Å². The first kappa shape index (κ1) is 17.3. The molecule has 3 rings (SSSR count). The number of ether oxygens (including phenoxy) is 1. The van der Waals surface area contributed by atoms with Gasteiger partial charge in [-0.15, -0.1) is 0 Å². The number of hydrogen-bond acceptors (Lipinski definition) is 3. The third kappa shape index (κ3) is 3.44. The van der Waals surface area contributed by atoms with Crippen molar-refractivity contribution in [2.24, 2.45) is 5.92 Å². The monoisotopic (exact) mass is 349 g/mol. The first-order valence-electron chi connectivity index (χ1n) is 8.72. The number of benzene rings is 1. The Kier molecular flexibility index (Phi) is 5.14. The van der Waals surface area contributed by atoms with Gasteiger partial charge in [-0.25, -0.2) is 0 Å². The molecule has 1 aliphatic carbocycles. The Morgan fingerprint density at radius 2 is 1.96 bits per heavy atom. The van der Waals surface area contributed by atoms with E-state index >= 15 is 0 Å². The lowest BCUT2D eigenvalue weighted by atomic mass is 9.64. The molecule has 0 radical (unpaired) electrons. The van der Waals surface area contributed by atoms with E-state index in [4.69, 9.17) is 16.3 Å². The van der Waals surface area contributed by atoms with Gasteiger partial charge in [-0.2, -0.15) is 0 Å². The average Bonchev–Trinajstić information content (AvgIpc) is 2.53. The number of carbonyl (C=O) groups is 2. The Balaban J connectivity index is 1.61. The van der Waals surface area contributed by atoms with Crippen molar-refractivity contribution in [1.82, 2.24) is 4.90 Å². The summed E-state index contributed by atoms with van der Waals surface area (Å²) in [5, 5.41) is 0.649. The molecule has 1 unspecified atom stereocenters. The highest BCUT2D eigenvalue weighted by atomic mass is 35.5. The minimum absolute atomic E-state index is 0.0829. The smallest absolute Gasteiger partial charge is 0.317 e. The maximum absolute atomic E-state index is 12.7. The first-order chi connectivity index (χ1) is 11.5. The van der Waals surface area contributed by atoms with Gasteiger partial charge >= 0.3 is 5.97 Å². The molecular formula is C19H24ClNO3. The highest BCUT2D eigenvalue weighted by Crippen LogP contribution is 2.45. The van der Waals surface area contributed by atoms with Crippen molar-refractivity contribution in [3.63, 3.8) is 0 Å². The molecule has 24 heavy (non-hydrogen) atoms. The molecule has 4 nitrogen and oxygen atoms in total. The lowest BCUT2D eigenvalue weighted by Crippen LogP contribution is -2.46. The fourth-order valence-corrected chi connectivity index (χ4v) is 3.81. The van der Waals surface area contributed by atoms with Crippen LogP contribution in [0, 0.1) is 5.92 Å². The molecule has 2 fully saturated rings. The third-order valence-corrected chi connectivity index (χ3v) is 5.58. The van der Waals surface area contributed by atoms with Gasteiger partial charge in [0.05, 0.1) is 5.41 Å². The predicted octanol–water partition coefficient (Wildman–Crippen LogP) is 3.56. The van der Waals surface area contributed by atoms with Crippen LogP contribution in [0.15, 0.2) is 24.3 Å². The van der Waals surface area contributed by atoms with Crippen molar-refractivity contribution < 1.29 is 14.3 Å². The maximum Gasteiger partial charge on any atom is 0.317 e. The number of hydrogen-bond donors (Lipinski definition) is 0. The van der Waals surface area contributed by atoms with Crippen LogP contribution < -0.4 is 0 Å². The Morgan fingerprint density at radius 3 is 2.54 bits per heavy atom. The minimum atomic E-state index is -0.597. The van der Waals surface area contributed by atoms with Crippen LogP contribution in [0.5, 0.6) is 0 Å². The van der Waals surface area contributed by atoms with Crippen LogP contribution in [0.4, 0.5) is 0 Å². The van der Waals surface area contributed by atoms with E-state index in [1.165, 1.54) is 0 Å². The molecule has 0 spiro atoms. The van der Waals surface area contributed by atoms with Crippen LogP contribution in [-0.4, -0.2) is 36.5 Å². The second-order valence-corrected chi connectivity index (χ2v) is 7.54. The molecule has 1 saturated carbocycles. The zero-order valence-electron chi connectivity index (χ0n) is 14.1. The molecule has 1 aliphatic heterocycles. The summed E-state index contributed by atoms with van der Waals surface area (Å²) < 4.78 is 5.42. The average molecular weight is 350 g/mol. The summed E-state index contributed by atoms with van der Waals surface area (Å²) >= 11 is 5.94. The molecule has 1 aromatic carbocycles. The van der Waals surface area contributed by atoms with Crippen LogP contribution >= 0.6 is 11.6 Å². The molecule has 2 aliphatic rings. The summed E-state index contributed by atoms with van der Waals surface area (Å²) in [6.07, 6.45) is 4.71. The fraction of sp³-hybridized carbons (Fsp3) is 0.579. The van der Waals surface area contributed by atoms with Crippen molar-refractivity contribution in [3.05, 3.63) is 34.9 Å². The van der Waals surface area contributed by atoms with Gasteiger partial charge in [0, 0.05) is 18.1 Å². The maximum atomic E-state index is 12.7. The Morgan fingerprint density at radius 1 is 1.25 bits per heavy atom. The number of rotatable bonds is 4. The summed E-state index contributed by atoms with van der Waals surface area (Å²) in [7, 11) is 0. The summed E-state index contributed by atoms with van der Waals surface area (Å²) in [6, 6.07) is 7.36. The molecule has 1 saturated heterocycles. The fourth-order valence-electron chi connectivity index (χ4n) is 3.68. The third-order valence-electron chi connectivity index (χ3n) is 5.33. The van der Waals surface area contributed by atoms with Gasteiger partial charge in [-0.3, -0.25) is 9.59 Å². The van der Waals surface area contributed by atoms with Gasteiger partial charge in [-0.1, -0.05) is 37.1 Å². The lowest BCUT2D eigenvalue weighted by Gasteiger charge is -2.40. The number of piperidine rings is 1. The summed E-state index contributed by atoms with van der Waals surface area (Å²) in [6.45, 7) is 3.53. The molecule has 1 aromatic rings. The number of likely N-dealkylation sites (tertiary alicyclic amines) is 1. The lowest BCUT2D eigenvalue weighted by molar-refractivity contribution is -0.160. The minimum Gasteiger partial charge on any atom is -0.455 e. The van der Waals surface area contributed by atoms with Crippen LogP contribution in [0.1, 0.15) is 44.6 Å². The summed E-state index contributed by atoms with van der Waals surface area (Å²) in [5.41, 5.74) is 0.335. The molecule has 1 amide bonds. The van der Waals surface area contributed by atoms with E-state index in [0.29, 0.717) is 10.9 Å². The molecule has 5 heteroatoms. The van der Waals surface area contributed by atoms with Gasteiger partial charge in [0.1, 0.15) is 0 Å². The molecule has 1 heterocycles. The number of amides is 1. The van der Waals surface area contributed by atoms with E-state index in [9.17, 15) is 9.59 Å². The highest BCUT2D eigenvalue weighted by Gasteiger charge is 2.47. The van der Waals surface area contributed by atoms with Crippen LogP contribution in [0.2, 0.25) is 5.02 Å².